The molecule has 2 N–H and O–H groups in total. The first-order chi connectivity index (χ1) is 11.0. The molecule has 0 aliphatic carbocycles. The highest BCUT2D eigenvalue weighted by Crippen LogP contribution is 2.24. The second kappa shape index (κ2) is 5.69. The van der Waals surface area contributed by atoms with E-state index in [2.05, 4.69) is 9.71 Å². The van der Waals surface area contributed by atoms with Gasteiger partial charge < -0.3 is 5.11 Å². The molecule has 7 heteroatoms. The van der Waals surface area contributed by atoms with Crippen LogP contribution in [-0.4, -0.2) is 24.5 Å². The molecule has 0 saturated heterocycles. The third kappa shape index (κ3) is 3.00. The first-order valence-electron chi connectivity index (χ1n) is 6.67. The molecule has 1 heterocycles. The summed E-state index contributed by atoms with van der Waals surface area (Å²) in [5.41, 5.74) is 0.765. The van der Waals surface area contributed by atoms with Crippen LogP contribution in [0.5, 0.6) is 0 Å². The number of anilines is 1. The zero-order chi connectivity index (χ0) is 16.4. The highest BCUT2D eigenvalue weighted by molar-refractivity contribution is 7.92. The van der Waals surface area contributed by atoms with E-state index >= 15 is 0 Å². The Labute approximate surface area is 132 Å². The summed E-state index contributed by atoms with van der Waals surface area (Å²) in [5.74, 6) is -1.19. The molecule has 0 bridgehead atoms. The van der Waals surface area contributed by atoms with E-state index in [1.165, 1.54) is 18.2 Å². The lowest BCUT2D eigenvalue weighted by Gasteiger charge is -2.10. The lowest BCUT2D eigenvalue weighted by atomic mass is 10.2. The summed E-state index contributed by atoms with van der Waals surface area (Å²) >= 11 is 0. The van der Waals surface area contributed by atoms with Crippen molar-refractivity contribution in [2.45, 2.75) is 4.90 Å². The summed E-state index contributed by atoms with van der Waals surface area (Å²) in [4.78, 5) is 15.1. The molecule has 1 aromatic heterocycles. The Hall–Kier alpha value is -2.93. The molecule has 0 aliphatic heterocycles. The van der Waals surface area contributed by atoms with Crippen molar-refractivity contribution in [1.29, 1.82) is 0 Å². The normalized spacial score (nSPS) is 11.3. The van der Waals surface area contributed by atoms with Crippen LogP contribution in [-0.2, 0) is 10.0 Å². The Morgan fingerprint density at radius 1 is 1.04 bits per heavy atom. The number of aromatic carboxylic acids is 1. The molecular formula is C16H12N2O4S. The number of para-hydroxylation sites is 1. The van der Waals surface area contributed by atoms with E-state index in [0.717, 1.165) is 11.5 Å². The molecule has 0 spiro atoms. The number of sulfonamides is 1. The Morgan fingerprint density at radius 2 is 1.78 bits per heavy atom. The summed E-state index contributed by atoms with van der Waals surface area (Å²) in [6.45, 7) is 0. The molecule has 0 saturated carbocycles. The van der Waals surface area contributed by atoms with Crippen LogP contribution in [0.25, 0.3) is 10.9 Å². The number of carboxylic acids is 1. The fourth-order valence-corrected chi connectivity index (χ4v) is 3.30. The monoisotopic (exact) mass is 328 g/mol. The molecule has 23 heavy (non-hydrogen) atoms. The van der Waals surface area contributed by atoms with Gasteiger partial charge in [-0.25, -0.2) is 13.2 Å². The van der Waals surface area contributed by atoms with Crippen molar-refractivity contribution in [3.63, 3.8) is 0 Å². The standard InChI is InChI=1S/C16H12N2O4S/c19-16(20)12-5-1-7-13(10-12)23(21,22)18-14-8-2-4-11-6-3-9-17-15(11)14/h1-10,18H,(H,19,20). The van der Waals surface area contributed by atoms with Gasteiger partial charge in [0.15, 0.2) is 0 Å². The summed E-state index contributed by atoms with van der Waals surface area (Å²) in [7, 11) is -3.91. The number of nitrogens with one attached hydrogen (secondary N) is 1. The van der Waals surface area contributed by atoms with Gasteiger partial charge in [-0.3, -0.25) is 9.71 Å². The first-order valence-corrected chi connectivity index (χ1v) is 8.16. The SMILES string of the molecule is O=C(O)c1cccc(S(=O)(=O)Nc2cccc3cccnc23)c1. The van der Waals surface area contributed by atoms with Crippen LogP contribution in [0.1, 0.15) is 10.4 Å². The van der Waals surface area contributed by atoms with Crippen molar-refractivity contribution in [2.24, 2.45) is 0 Å². The number of carboxylic acid groups (broad SMARTS) is 1. The number of pyridine rings is 1. The minimum absolute atomic E-state index is 0.0936. The van der Waals surface area contributed by atoms with Gasteiger partial charge in [0.25, 0.3) is 10.0 Å². The molecule has 0 radical (unpaired) electrons. The van der Waals surface area contributed by atoms with Gasteiger partial charge in [-0.15, -0.1) is 0 Å². The van der Waals surface area contributed by atoms with Crippen LogP contribution < -0.4 is 4.72 Å². The van der Waals surface area contributed by atoms with Crippen LogP contribution in [0, 0.1) is 0 Å². The number of rotatable bonds is 4. The average Bonchev–Trinajstić information content (AvgIpc) is 2.55. The van der Waals surface area contributed by atoms with Crippen molar-refractivity contribution in [2.75, 3.05) is 4.72 Å². The number of fused-ring (bicyclic) bond motifs is 1. The summed E-state index contributed by atoms with van der Waals surface area (Å²) < 4.78 is 27.4. The average molecular weight is 328 g/mol. The molecule has 0 fully saturated rings. The zero-order valence-corrected chi connectivity index (χ0v) is 12.6. The fourth-order valence-electron chi connectivity index (χ4n) is 2.19. The maximum absolute atomic E-state index is 12.5. The summed E-state index contributed by atoms with van der Waals surface area (Å²) in [6, 6.07) is 13.9. The maximum Gasteiger partial charge on any atom is 0.335 e. The number of hydrogen-bond acceptors (Lipinski definition) is 4. The molecule has 0 atom stereocenters. The molecular weight excluding hydrogens is 316 g/mol. The van der Waals surface area contributed by atoms with E-state index in [9.17, 15) is 13.2 Å². The summed E-state index contributed by atoms with van der Waals surface area (Å²) in [5, 5.41) is 9.78. The van der Waals surface area contributed by atoms with Crippen LogP contribution >= 0.6 is 0 Å². The number of aromatic nitrogens is 1. The second-order valence-electron chi connectivity index (χ2n) is 4.82. The summed E-state index contributed by atoms with van der Waals surface area (Å²) in [6.07, 6.45) is 1.57. The number of carbonyl (C=O) groups is 1. The minimum atomic E-state index is -3.91. The second-order valence-corrected chi connectivity index (χ2v) is 6.50. The number of benzene rings is 2. The molecule has 116 valence electrons. The minimum Gasteiger partial charge on any atom is -0.478 e. The fraction of sp³-hybridized carbons (Fsp3) is 0. The van der Waals surface area contributed by atoms with Gasteiger partial charge in [0.05, 0.1) is 21.7 Å². The van der Waals surface area contributed by atoms with E-state index in [-0.39, 0.29) is 10.5 Å². The van der Waals surface area contributed by atoms with E-state index in [0.29, 0.717) is 11.2 Å². The van der Waals surface area contributed by atoms with Gasteiger partial charge in [-0.2, -0.15) is 0 Å². The molecule has 3 rings (SSSR count). The van der Waals surface area contributed by atoms with E-state index in [1.807, 2.05) is 12.1 Å². The maximum atomic E-state index is 12.5. The Bertz CT molecular complexity index is 994. The van der Waals surface area contributed by atoms with Crippen molar-refractivity contribution >= 4 is 32.6 Å². The van der Waals surface area contributed by atoms with Gasteiger partial charge in [0.1, 0.15) is 0 Å². The lowest BCUT2D eigenvalue weighted by Crippen LogP contribution is -2.14. The van der Waals surface area contributed by atoms with Crippen molar-refractivity contribution in [3.05, 3.63) is 66.4 Å². The highest BCUT2D eigenvalue weighted by atomic mass is 32.2. The van der Waals surface area contributed by atoms with Gasteiger partial charge in [0.2, 0.25) is 0 Å². The van der Waals surface area contributed by atoms with Gasteiger partial charge >= 0.3 is 5.97 Å². The van der Waals surface area contributed by atoms with Crippen molar-refractivity contribution in [3.8, 4) is 0 Å². The van der Waals surface area contributed by atoms with Gasteiger partial charge in [0, 0.05) is 11.6 Å². The molecule has 0 unspecified atom stereocenters. The largest absolute Gasteiger partial charge is 0.478 e. The Balaban J connectivity index is 2.04. The van der Waals surface area contributed by atoms with Crippen molar-refractivity contribution in [1.82, 2.24) is 4.98 Å². The van der Waals surface area contributed by atoms with Crippen LogP contribution in [0.4, 0.5) is 5.69 Å². The van der Waals surface area contributed by atoms with E-state index < -0.39 is 16.0 Å². The molecule has 3 aromatic rings. The van der Waals surface area contributed by atoms with Crippen LogP contribution in [0.3, 0.4) is 0 Å². The van der Waals surface area contributed by atoms with Crippen LogP contribution in [0.2, 0.25) is 0 Å². The number of nitrogens with zero attached hydrogens (tertiary/aromatic N) is 1. The number of hydrogen-bond donors (Lipinski definition) is 2. The van der Waals surface area contributed by atoms with Gasteiger partial charge in [-0.05, 0) is 30.3 Å². The molecule has 6 nitrogen and oxygen atoms in total. The van der Waals surface area contributed by atoms with E-state index in [4.69, 9.17) is 5.11 Å². The zero-order valence-electron chi connectivity index (χ0n) is 11.8. The first kappa shape index (κ1) is 15.0. The van der Waals surface area contributed by atoms with Crippen molar-refractivity contribution < 1.29 is 18.3 Å². The third-order valence-electron chi connectivity index (χ3n) is 3.27. The lowest BCUT2D eigenvalue weighted by molar-refractivity contribution is 0.0696. The molecule has 0 aliphatic rings. The van der Waals surface area contributed by atoms with Crippen LogP contribution in [0.15, 0.2) is 65.7 Å². The topological polar surface area (TPSA) is 96.4 Å². The molecule has 2 aromatic carbocycles. The highest BCUT2D eigenvalue weighted by Gasteiger charge is 2.17. The Kier molecular flexibility index (Phi) is 3.71. The van der Waals surface area contributed by atoms with E-state index in [1.54, 1.807) is 24.4 Å². The predicted molar refractivity (Wildman–Crippen MR) is 86.0 cm³/mol. The van der Waals surface area contributed by atoms with Gasteiger partial charge in [-0.1, -0.05) is 24.3 Å². The smallest absolute Gasteiger partial charge is 0.335 e. The Morgan fingerprint density at radius 3 is 2.57 bits per heavy atom. The quantitative estimate of drug-likeness (QED) is 0.767. The third-order valence-corrected chi connectivity index (χ3v) is 4.63. The molecule has 0 amide bonds. The predicted octanol–water partition coefficient (Wildman–Crippen LogP) is 2.73.